The summed E-state index contributed by atoms with van der Waals surface area (Å²) in [5.74, 6) is 0.157. The molecule has 2 rings (SSSR count). The van der Waals surface area contributed by atoms with Crippen molar-refractivity contribution in [2.45, 2.75) is 32.3 Å². The van der Waals surface area contributed by atoms with Crippen LogP contribution in [0.15, 0.2) is 30.3 Å². The van der Waals surface area contributed by atoms with Crippen molar-refractivity contribution in [3.05, 3.63) is 35.9 Å². The second-order valence-electron chi connectivity index (χ2n) is 5.47. The molecule has 0 unspecified atom stereocenters. The lowest BCUT2D eigenvalue weighted by atomic mass is 9.74. The van der Waals surface area contributed by atoms with Crippen LogP contribution in [0, 0.1) is 5.92 Å². The van der Waals surface area contributed by atoms with E-state index in [2.05, 4.69) is 31.0 Å². The third kappa shape index (κ3) is 2.81. The predicted molar refractivity (Wildman–Crippen MR) is 75.8 cm³/mol. The molecule has 1 aromatic carbocycles. The SMILES string of the molecule is CC[C@@H]1CN(C)CC[C@@]1(OC(C)=O)c1ccccc1. The van der Waals surface area contributed by atoms with Crippen LogP contribution in [0.3, 0.4) is 0 Å². The third-order valence-electron chi connectivity index (χ3n) is 4.14. The van der Waals surface area contributed by atoms with E-state index in [1.54, 1.807) is 0 Å². The van der Waals surface area contributed by atoms with Gasteiger partial charge in [0.1, 0.15) is 5.60 Å². The highest BCUT2D eigenvalue weighted by molar-refractivity contribution is 5.67. The van der Waals surface area contributed by atoms with Crippen LogP contribution in [0.4, 0.5) is 0 Å². The molecule has 0 bridgehead atoms. The highest BCUT2D eigenvalue weighted by Crippen LogP contribution is 2.42. The van der Waals surface area contributed by atoms with Gasteiger partial charge in [0.25, 0.3) is 0 Å². The van der Waals surface area contributed by atoms with E-state index in [-0.39, 0.29) is 5.97 Å². The molecule has 19 heavy (non-hydrogen) atoms. The zero-order valence-corrected chi connectivity index (χ0v) is 12.1. The van der Waals surface area contributed by atoms with Gasteiger partial charge in [-0.1, -0.05) is 37.3 Å². The fourth-order valence-electron chi connectivity index (χ4n) is 3.18. The normalized spacial score (nSPS) is 28.1. The highest BCUT2D eigenvalue weighted by Gasteiger charge is 2.45. The lowest BCUT2D eigenvalue weighted by Crippen LogP contribution is -2.50. The van der Waals surface area contributed by atoms with Gasteiger partial charge in [0.15, 0.2) is 0 Å². The summed E-state index contributed by atoms with van der Waals surface area (Å²) in [6.45, 7) is 5.61. The lowest BCUT2D eigenvalue weighted by Gasteiger charge is -2.46. The van der Waals surface area contributed by atoms with Gasteiger partial charge >= 0.3 is 5.97 Å². The molecule has 0 amide bonds. The summed E-state index contributed by atoms with van der Waals surface area (Å²) in [7, 11) is 2.13. The molecule has 0 saturated carbocycles. The molecule has 0 aromatic heterocycles. The third-order valence-corrected chi connectivity index (χ3v) is 4.14. The quantitative estimate of drug-likeness (QED) is 0.784. The molecule has 1 fully saturated rings. The maximum absolute atomic E-state index is 11.6. The van der Waals surface area contributed by atoms with Crippen molar-refractivity contribution in [2.24, 2.45) is 5.92 Å². The number of piperidine rings is 1. The maximum atomic E-state index is 11.6. The van der Waals surface area contributed by atoms with Crippen LogP contribution in [0.2, 0.25) is 0 Å². The van der Waals surface area contributed by atoms with Gasteiger partial charge in [-0.15, -0.1) is 0 Å². The van der Waals surface area contributed by atoms with Crippen LogP contribution in [0.25, 0.3) is 0 Å². The molecule has 3 nitrogen and oxygen atoms in total. The van der Waals surface area contributed by atoms with Crippen LogP contribution < -0.4 is 0 Å². The number of carbonyl (C=O) groups is 1. The van der Waals surface area contributed by atoms with Crippen LogP contribution in [-0.2, 0) is 15.1 Å². The number of rotatable bonds is 3. The summed E-state index contributed by atoms with van der Waals surface area (Å²) in [6, 6.07) is 10.2. The average molecular weight is 261 g/mol. The smallest absolute Gasteiger partial charge is 0.303 e. The van der Waals surface area contributed by atoms with Gasteiger partial charge in [-0.05, 0) is 19.0 Å². The van der Waals surface area contributed by atoms with Crippen LogP contribution >= 0.6 is 0 Å². The number of benzene rings is 1. The zero-order chi connectivity index (χ0) is 13.9. The summed E-state index contributed by atoms with van der Waals surface area (Å²) in [6.07, 6.45) is 1.87. The highest BCUT2D eigenvalue weighted by atomic mass is 16.6. The number of nitrogens with zero attached hydrogens (tertiary/aromatic N) is 1. The Morgan fingerprint density at radius 3 is 2.68 bits per heavy atom. The van der Waals surface area contributed by atoms with Crippen molar-refractivity contribution in [3.63, 3.8) is 0 Å². The Balaban J connectivity index is 2.41. The van der Waals surface area contributed by atoms with Crippen LogP contribution in [0.1, 0.15) is 32.3 Å². The molecule has 0 aliphatic carbocycles. The molecule has 1 aromatic rings. The first-order valence-electron chi connectivity index (χ1n) is 7.02. The fourth-order valence-corrected chi connectivity index (χ4v) is 3.18. The molecule has 3 heteroatoms. The summed E-state index contributed by atoms with van der Waals surface area (Å²) in [5.41, 5.74) is 0.680. The molecular weight excluding hydrogens is 238 g/mol. The van der Waals surface area contributed by atoms with Gasteiger partial charge in [-0.25, -0.2) is 0 Å². The van der Waals surface area contributed by atoms with E-state index >= 15 is 0 Å². The standard InChI is InChI=1S/C16H23NO2/c1-4-14-12-17(3)11-10-16(14,19-13(2)18)15-8-6-5-7-9-15/h5-9,14H,4,10-12H2,1-3H3/t14-,16+/m1/s1. The average Bonchev–Trinajstić information content (AvgIpc) is 2.41. The topological polar surface area (TPSA) is 29.5 Å². The first kappa shape index (κ1) is 14.1. The minimum atomic E-state index is -0.450. The molecule has 2 atom stereocenters. The van der Waals surface area contributed by atoms with E-state index in [0.29, 0.717) is 5.92 Å². The lowest BCUT2D eigenvalue weighted by molar-refractivity contribution is -0.173. The van der Waals surface area contributed by atoms with Gasteiger partial charge in [-0.3, -0.25) is 4.79 Å². The van der Waals surface area contributed by atoms with Crippen molar-refractivity contribution in [3.8, 4) is 0 Å². The Labute approximate surface area is 115 Å². The maximum Gasteiger partial charge on any atom is 0.303 e. The molecular formula is C16H23NO2. The second-order valence-corrected chi connectivity index (χ2v) is 5.47. The summed E-state index contributed by atoms with van der Waals surface area (Å²) < 4.78 is 5.85. The zero-order valence-electron chi connectivity index (χ0n) is 12.1. The first-order valence-corrected chi connectivity index (χ1v) is 7.02. The summed E-state index contributed by atoms with van der Waals surface area (Å²) in [5, 5.41) is 0. The van der Waals surface area contributed by atoms with E-state index in [1.807, 2.05) is 18.2 Å². The van der Waals surface area contributed by atoms with Crippen molar-refractivity contribution in [1.82, 2.24) is 4.90 Å². The minimum absolute atomic E-state index is 0.188. The van der Waals surface area contributed by atoms with Crippen LogP contribution in [0.5, 0.6) is 0 Å². The number of ether oxygens (including phenoxy) is 1. The van der Waals surface area contributed by atoms with E-state index < -0.39 is 5.60 Å². The Morgan fingerprint density at radius 1 is 1.42 bits per heavy atom. The predicted octanol–water partition coefficient (Wildman–Crippen LogP) is 2.81. The van der Waals surface area contributed by atoms with Gasteiger partial charge in [0.05, 0.1) is 0 Å². The van der Waals surface area contributed by atoms with E-state index in [4.69, 9.17) is 4.74 Å². The van der Waals surface area contributed by atoms with Crippen molar-refractivity contribution in [2.75, 3.05) is 20.1 Å². The molecule has 0 radical (unpaired) electrons. The molecule has 1 saturated heterocycles. The number of carbonyl (C=O) groups excluding carboxylic acids is 1. The molecule has 0 spiro atoms. The van der Waals surface area contributed by atoms with Gasteiger partial charge in [0, 0.05) is 32.4 Å². The van der Waals surface area contributed by atoms with Crippen LogP contribution in [-0.4, -0.2) is 31.0 Å². The Kier molecular flexibility index (Phi) is 4.25. The largest absolute Gasteiger partial charge is 0.454 e. The Bertz CT molecular complexity index is 432. The van der Waals surface area contributed by atoms with E-state index in [0.717, 1.165) is 31.5 Å². The van der Waals surface area contributed by atoms with Gasteiger partial charge in [-0.2, -0.15) is 0 Å². The summed E-state index contributed by atoms with van der Waals surface area (Å²) in [4.78, 5) is 13.9. The first-order chi connectivity index (χ1) is 9.08. The Morgan fingerprint density at radius 2 is 2.11 bits per heavy atom. The number of esters is 1. The van der Waals surface area contributed by atoms with Crippen molar-refractivity contribution >= 4 is 5.97 Å². The molecule has 104 valence electrons. The monoisotopic (exact) mass is 261 g/mol. The minimum Gasteiger partial charge on any atom is -0.454 e. The second kappa shape index (κ2) is 5.74. The van der Waals surface area contributed by atoms with Gasteiger partial charge in [0.2, 0.25) is 0 Å². The fraction of sp³-hybridized carbons (Fsp3) is 0.562. The van der Waals surface area contributed by atoms with E-state index in [1.165, 1.54) is 6.92 Å². The van der Waals surface area contributed by atoms with Gasteiger partial charge < -0.3 is 9.64 Å². The van der Waals surface area contributed by atoms with E-state index in [9.17, 15) is 4.79 Å². The molecule has 1 heterocycles. The molecule has 1 aliphatic rings. The number of likely N-dealkylation sites (tertiary alicyclic amines) is 1. The molecule has 1 aliphatic heterocycles. The number of hydrogen-bond acceptors (Lipinski definition) is 3. The Hall–Kier alpha value is -1.35. The van der Waals surface area contributed by atoms with Crippen molar-refractivity contribution in [1.29, 1.82) is 0 Å². The number of hydrogen-bond donors (Lipinski definition) is 0. The van der Waals surface area contributed by atoms with Crippen molar-refractivity contribution < 1.29 is 9.53 Å². The summed E-state index contributed by atoms with van der Waals surface area (Å²) >= 11 is 0. The molecule has 0 N–H and O–H groups in total.